The maximum absolute atomic E-state index is 13.1. The van der Waals surface area contributed by atoms with Crippen LogP contribution in [0.25, 0.3) is 10.2 Å². The molecule has 148 valence electrons. The van der Waals surface area contributed by atoms with Gasteiger partial charge in [0.1, 0.15) is 5.01 Å². The van der Waals surface area contributed by atoms with Crippen LogP contribution in [0.1, 0.15) is 33.9 Å². The van der Waals surface area contributed by atoms with Gasteiger partial charge >= 0.3 is 0 Å². The highest BCUT2D eigenvalue weighted by Crippen LogP contribution is 2.30. The number of carbonyl (C=O) groups is 1. The van der Waals surface area contributed by atoms with Gasteiger partial charge in [-0.1, -0.05) is 18.2 Å². The molecule has 1 atom stereocenters. The second-order valence-electron chi connectivity index (χ2n) is 6.88. The largest absolute Gasteiger partial charge is 0.333 e. The lowest BCUT2D eigenvalue weighted by Crippen LogP contribution is -2.30. The third-order valence-corrected chi connectivity index (χ3v) is 7.80. The summed E-state index contributed by atoms with van der Waals surface area (Å²) in [5, 5.41) is 0.840. The molecule has 1 aromatic heterocycles. The van der Waals surface area contributed by atoms with Crippen LogP contribution >= 0.6 is 11.3 Å². The van der Waals surface area contributed by atoms with Crippen LogP contribution in [0.4, 0.5) is 0 Å². The van der Waals surface area contributed by atoms with Gasteiger partial charge in [0.2, 0.25) is 10.0 Å². The molecule has 0 spiro atoms. The summed E-state index contributed by atoms with van der Waals surface area (Å²) >= 11 is 1.55. The molecule has 2 aromatic carbocycles. The number of amides is 1. The Morgan fingerprint density at radius 1 is 1.11 bits per heavy atom. The van der Waals surface area contributed by atoms with Crippen molar-refractivity contribution >= 4 is 37.5 Å². The molecule has 0 saturated carbocycles. The van der Waals surface area contributed by atoms with E-state index in [1.807, 2.05) is 31.2 Å². The number of aryl methyl sites for hydroxylation is 1. The van der Waals surface area contributed by atoms with E-state index < -0.39 is 10.0 Å². The number of sulfonamides is 1. The number of carbonyl (C=O) groups excluding carboxylic acids is 1. The zero-order chi connectivity index (χ0) is 20.6. The molecule has 1 amide bonds. The summed E-state index contributed by atoms with van der Waals surface area (Å²) in [5.41, 5.74) is 2.01. The first-order chi connectivity index (χ1) is 13.1. The molecule has 0 fully saturated rings. The third kappa shape index (κ3) is 3.67. The second kappa shape index (κ2) is 7.62. The van der Waals surface area contributed by atoms with Gasteiger partial charge in [-0.3, -0.25) is 4.79 Å². The Hall–Kier alpha value is -2.29. The van der Waals surface area contributed by atoms with E-state index in [-0.39, 0.29) is 16.8 Å². The number of nitrogens with zero attached hydrogens (tertiary/aromatic N) is 3. The minimum absolute atomic E-state index is 0.104. The van der Waals surface area contributed by atoms with E-state index in [1.54, 1.807) is 36.3 Å². The first kappa shape index (κ1) is 20.4. The minimum atomic E-state index is -3.61. The monoisotopic (exact) mass is 417 g/mol. The molecule has 3 aromatic rings. The predicted octanol–water partition coefficient (Wildman–Crippen LogP) is 3.69. The number of thiazole rings is 1. The first-order valence-electron chi connectivity index (χ1n) is 8.78. The summed E-state index contributed by atoms with van der Waals surface area (Å²) in [4.78, 5) is 19.5. The normalized spacial score (nSPS) is 13.1. The Bertz CT molecular complexity index is 1100. The highest BCUT2D eigenvalue weighted by molar-refractivity contribution is 7.89. The molecule has 0 saturated heterocycles. The van der Waals surface area contributed by atoms with Crippen LogP contribution in [0.2, 0.25) is 0 Å². The summed E-state index contributed by atoms with van der Waals surface area (Å²) in [5.74, 6) is -0.236. The van der Waals surface area contributed by atoms with Gasteiger partial charge in [0.05, 0.1) is 21.2 Å². The topological polar surface area (TPSA) is 70.6 Å². The molecule has 6 nitrogen and oxygen atoms in total. The Morgan fingerprint density at radius 2 is 1.79 bits per heavy atom. The Balaban J connectivity index is 1.94. The highest BCUT2D eigenvalue weighted by Gasteiger charge is 2.25. The van der Waals surface area contributed by atoms with E-state index in [0.29, 0.717) is 5.56 Å². The number of aromatic nitrogens is 1. The van der Waals surface area contributed by atoms with Crippen molar-refractivity contribution in [1.82, 2.24) is 14.2 Å². The van der Waals surface area contributed by atoms with E-state index in [0.717, 1.165) is 25.1 Å². The van der Waals surface area contributed by atoms with Gasteiger partial charge in [0, 0.05) is 26.7 Å². The first-order valence-corrected chi connectivity index (χ1v) is 11.0. The van der Waals surface area contributed by atoms with Crippen LogP contribution in [0, 0.1) is 6.92 Å². The lowest BCUT2D eigenvalue weighted by Gasteiger charge is -2.24. The fourth-order valence-corrected chi connectivity index (χ4v) is 4.79. The van der Waals surface area contributed by atoms with Crippen molar-refractivity contribution in [2.45, 2.75) is 24.8 Å². The van der Waals surface area contributed by atoms with E-state index in [9.17, 15) is 13.2 Å². The van der Waals surface area contributed by atoms with Crippen LogP contribution in [-0.2, 0) is 10.0 Å². The third-order valence-electron chi connectivity index (χ3n) is 4.79. The summed E-state index contributed by atoms with van der Waals surface area (Å²) < 4.78 is 27.1. The van der Waals surface area contributed by atoms with Gasteiger partial charge < -0.3 is 4.90 Å². The van der Waals surface area contributed by atoms with Gasteiger partial charge in [0.25, 0.3) is 5.91 Å². The average Bonchev–Trinajstić information content (AvgIpc) is 3.10. The minimum Gasteiger partial charge on any atom is -0.333 e. The van der Waals surface area contributed by atoms with Crippen molar-refractivity contribution in [2.75, 3.05) is 21.1 Å². The molecular formula is C20H23N3O3S2. The molecule has 0 bridgehead atoms. The molecule has 28 heavy (non-hydrogen) atoms. The molecule has 1 heterocycles. The quantitative estimate of drug-likeness (QED) is 0.635. The lowest BCUT2D eigenvalue weighted by atomic mass is 10.1. The molecule has 0 aliphatic carbocycles. The van der Waals surface area contributed by atoms with Gasteiger partial charge in [-0.05, 0) is 43.7 Å². The predicted molar refractivity (Wildman–Crippen MR) is 112 cm³/mol. The molecule has 0 aliphatic heterocycles. The van der Waals surface area contributed by atoms with Crippen LogP contribution < -0.4 is 0 Å². The van der Waals surface area contributed by atoms with Crippen LogP contribution in [0.3, 0.4) is 0 Å². The molecule has 0 N–H and O–H groups in total. The highest BCUT2D eigenvalue weighted by atomic mass is 32.2. The van der Waals surface area contributed by atoms with Crippen LogP contribution in [0.15, 0.2) is 47.4 Å². The summed E-state index contributed by atoms with van der Waals surface area (Å²) in [6.45, 7) is 3.72. The molecule has 0 radical (unpaired) electrons. The number of hydrogen-bond donors (Lipinski definition) is 0. The van der Waals surface area contributed by atoms with E-state index in [1.165, 1.54) is 26.2 Å². The lowest BCUT2D eigenvalue weighted by molar-refractivity contribution is 0.0741. The number of hydrogen-bond acceptors (Lipinski definition) is 5. The SMILES string of the molecule is Cc1ccc(S(=O)(=O)N(C)C)cc1C(=O)N(C)[C@@H](C)c1nc2ccccc2s1. The molecule has 0 aliphatic rings. The van der Waals surface area contributed by atoms with Crippen molar-refractivity contribution in [1.29, 1.82) is 0 Å². The van der Waals surface area contributed by atoms with E-state index in [4.69, 9.17) is 0 Å². The number of rotatable bonds is 5. The Labute approximate surface area is 169 Å². The van der Waals surface area contributed by atoms with Gasteiger partial charge in [-0.25, -0.2) is 17.7 Å². The van der Waals surface area contributed by atoms with Crippen LogP contribution in [-0.4, -0.2) is 49.7 Å². The molecule has 8 heteroatoms. The summed E-state index contributed by atoms with van der Waals surface area (Å²) in [6, 6.07) is 12.3. The van der Waals surface area contributed by atoms with E-state index in [2.05, 4.69) is 4.98 Å². The smallest absolute Gasteiger partial charge is 0.254 e. The number of fused-ring (bicyclic) bond motifs is 1. The maximum Gasteiger partial charge on any atom is 0.254 e. The Morgan fingerprint density at radius 3 is 2.43 bits per heavy atom. The number of para-hydroxylation sites is 1. The summed E-state index contributed by atoms with van der Waals surface area (Å²) in [6.07, 6.45) is 0. The molecular weight excluding hydrogens is 394 g/mol. The van der Waals surface area contributed by atoms with Gasteiger partial charge in [-0.2, -0.15) is 0 Å². The number of benzene rings is 2. The van der Waals surface area contributed by atoms with Crippen molar-refractivity contribution in [3.63, 3.8) is 0 Å². The van der Waals surface area contributed by atoms with Gasteiger partial charge in [-0.15, -0.1) is 11.3 Å². The zero-order valence-electron chi connectivity index (χ0n) is 16.5. The van der Waals surface area contributed by atoms with Crippen molar-refractivity contribution in [3.8, 4) is 0 Å². The fourth-order valence-electron chi connectivity index (χ4n) is 2.80. The Kier molecular flexibility index (Phi) is 5.56. The van der Waals surface area contributed by atoms with Crippen molar-refractivity contribution in [2.24, 2.45) is 0 Å². The van der Waals surface area contributed by atoms with Gasteiger partial charge in [0.15, 0.2) is 0 Å². The summed E-state index contributed by atoms with van der Waals surface area (Å²) in [7, 11) is 1.04. The van der Waals surface area contributed by atoms with Crippen molar-refractivity contribution < 1.29 is 13.2 Å². The standard InChI is InChI=1S/C20H23N3O3S2/c1-13-10-11-15(28(25,26)22(3)4)12-16(13)20(24)23(5)14(2)19-21-17-8-6-7-9-18(17)27-19/h6-12,14H,1-5H3/t14-/m0/s1. The van der Waals surface area contributed by atoms with E-state index >= 15 is 0 Å². The molecule has 3 rings (SSSR count). The average molecular weight is 418 g/mol. The second-order valence-corrected chi connectivity index (χ2v) is 10.1. The zero-order valence-corrected chi connectivity index (χ0v) is 18.1. The van der Waals surface area contributed by atoms with Crippen molar-refractivity contribution in [3.05, 3.63) is 58.6 Å². The maximum atomic E-state index is 13.1. The fraction of sp³-hybridized carbons (Fsp3) is 0.300. The van der Waals surface area contributed by atoms with Crippen LogP contribution in [0.5, 0.6) is 0 Å². The molecule has 0 unspecified atom stereocenters.